The van der Waals surface area contributed by atoms with Crippen molar-refractivity contribution in [1.82, 2.24) is 5.32 Å². The van der Waals surface area contributed by atoms with Gasteiger partial charge in [0.1, 0.15) is 0 Å². The van der Waals surface area contributed by atoms with Gasteiger partial charge in [-0.1, -0.05) is 30.3 Å². The Morgan fingerprint density at radius 1 is 1.13 bits per heavy atom. The smallest absolute Gasteiger partial charge is 0.0473 e. The molecule has 2 nitrogen and oxygen atoms in total. The summed E-state index contributed by atoms with van der Waals surface area (Å²) in [5, 5.41) is 3.46. The second kappa shape index (κ2) is 7.07. The third-order valence-corrected chi connectivity index (χ3v) is 2.67. The molecule has 1 heterocycles. The monoisotopic (exact) mass is 248 g/mol. The number of rotatable bonds is 1. The van der Waals surface area contributed by atoms with E-state index in [2.05, 4.69) is 29.6 Å². The molecule has 0 aliphatic carbocycles. The fraction of sp³-hybridized carbons (Fsp3) is 0.455. The quantitative estimate of drug-likeness (QED) is 0.801. The first-order valence-electron chi connectivity index (χ1n) is 4.92. The molecule has 15 heavy (non-hydrogen) atoms. The zero-order valence-electron chi connectivity index (χ0n) is 8.56. The first-order valence-corrected chi connectivity index (χ1v) is 4.92. The van der Waals surface area contributed by atoms with Crippen molar-refractivity contribution in [2.24, 2.45) is 5.73 Å². The Morgan fingerprint density at radius 3 is 2.40 bits per heavy atom. The maximum Gasteiger partial charge on any atom is 0.0473 e. The molecule has 4 heteroatoms. The van der Waals surface area contributed by atoms with Crippen molar-refractivity contribution in [1.29, 1.82) is 0 Å². The summed E-state index contributed by atoms with van der Waals surface area (Å²) in [6, 6.07) is 11.1. The van der Waals surface area contributed by atoms with E-state index in [0.717, 1.165) is 13.0 Å². The predicted molar refractivity (Wildman–Crippen MR) is 68.9 cm³/mol. The van der Waals surface area contributed by atoms with Gasteiger partial charge < -0.3 is 11.1 Å². The van der Waals surface area contributed by atoms with Crippen LogP contribution in [-0.4, -0.2) is 12.6 Å². The van der Waals surface area contributed by atoms with Crippen molar-refractivity contribution in [3.8, 4) is 0 Å². The Labute approximate surface area is 103 Å². The van der Waals surface area contributed by atoms with E-state index in [4.69, 9.17) is 5.73 Å². The second-order valence-corrected chi connectivity index (χ2v) is 3.65. The summed E-state index contributed by atoms with van der Waals surface area (Å²) >= 11 is 0. The van der Waals surface area contributed by atoms with E-state index in [9.17, 15) is 0 Å². The summed E-state index contributed by atoms with van der Waals surface area (Å²) in [7, 11) is 0. The van der Waals surface area contributed by atoms with Crippen molar-refractivity contribution in [3.05, 3.63) is 35.9 Å². The number of piperidine rings is 1. The van der Waals surface area contributed by atoms with E-state index in [0.29, 0.717) is 6.04 Å². The summed E-state index contributed by atoms with van der Waals surface area (Å²) in [4.78, 5) is 0. The Morgan fingerprint density at radius 2 is 1.80 bits per heavy atom. The molecule has 0 spiro atoms. The van der Waals surface area contributed by atoms with Gasteiger partial charge in [0.15, 0.2) is 0 Å². The van der Waals surface area contributed by atoms with Crippen LogP contribution in [-0.2, 0) is 0 Å². The third kappa shape index (κ3) is 3.65. The Kier molecular flexibility index (Phi) is 6.94. The largest absolute Gasteiger partial charge is 0.326 e. The summed E-state index contributed by atoms with van der Waals surface area (Å²) in [5.74, 6) is 0. The van der Waals surface area contributed by atoms with E-state index in [1.54, 1.807) is 0 Å². The van der Waals surface area contributed by atoms with Crippen LogP contribution < -0.4 is 11.1 Å². The average molecular weight is 249 g/mol. The molecular formula is C11H18Cl2N2. The van der Waals surface area contributed by atoms with Gasteiger partial charge in [0.25, 0.3) is 0 Å². The van der Waals surface area contributed by atoms with Gasteiger partial charge in [-0.05, 0) is 24.9 Å². The Balaban J connectivity index is 0.000000980. The van der Waals surface area contributed by atoms with Crippen LogP contribution in [0.1, 0.15) is 24.4 Å². The van der Waals surface area contributed by atoms with Crippen LogP contribution in [0.2, 0.25) is 0 Å². The van der Waals surface area contributed by atoms with Crippen LogP contribution in [0, 0.1) is 0 Å². The highest BCUT2D eigenvalue weighted by molar-refractivity contribution is 5.85. The van der Waals surface area contributed by atoms with Crippen LogP contribution in [0.5, 0.6) is 0 Å². The van der Waals surface area contributed by atoms with Gasteiger partial charge >= 0.3 is 0 Å². The van der Waals surface area contributed by atoms with E-state index in [1.165, 1.54) is 12.0 Å². The normalized spacial score (nSPS) is 24.9. The molecule has 1 aliphatic heterocycles. The van der Waals surface area contributed by atoms with E-state index in [-0.39, 0.29) is 30.9 Å². The summed E-state index contributed by atoms with van der Waals surface area (Å²) in [6.45, 7) is 1.09. The lowest BCUT2D eigenvalue weighted by atomic mass is 9.93. The van der Waals surface area contributed by atoms with Crippen molar-refractivity contribution < 1.29 is 0 Å². The van der Waals surface area contributed by atoms with Crippen molar-refractivity contribution in [2.75, 3.05) is 6.54 Å². The molecule has 0 radical (unpaired) electrons. The summed E-state index contributed by atoms with van der Waals surface area (Å²) < 4.78 is 0. The number of nitrogens with one attached hydrogen (secondary N) is 1. The second-order valence-electron chi connectivity index (χ2n) is 3.65. The maximum absolute atomic E-state index is 6.05. The van der Waals surface area contributed by atoms with Gasteiger partial charge in [0.2, 0.25) is 0 Å². The Bertz CT molecular complexity index is 267. The molecule has 1 aliphatic rings. The molecule has 3 N–H and O–H groups in total. The van der Waals surface area contributed by atoms with Gasteiger partial charge in [0, 0.05) is 12.1 Å². The molecule has 0 unspecified atom stereocenters. The molecule has 1 saturated heterocycles. The van der Waals surface area contributed by atoms with Crippen molar-refractivity contribution in [2.45, 2.75) is 24.9 Å². The number of halogens is 2. The molecule has 0 bridgehead atoms. The average Bonchev–Trinajstić information content (AvgIpc) is 2.20. The highest BCUT2D eigenvalue weighted by Crippen LogP contribution is 2.21. The van der Waals surface area contributed by atoms with Crippen LogP contribution in [0.4, 0.5) is 0 Å². The molecule has 2 atom stereocenters. The Hall–Kier alpha value is -0.280. The third-order valence-electron chi connectivity index (χ3n) is 2.67. The minimum Gasteiger partial charge on any atom is -0.326 e. The minimum absolute atomic E-state index is 0. The summed E-state index contributed by atoms with van der Waals surface area (Å²) in [6.07, 6.45) is 2.33. The molecule has 0 aromatic heterocycles. The minimum atomic E-state index is 0. The molecule has 1 aromatic rings. The zero-order chi connectivity index (χ0) is 9.10. The SMILES string of the molecule is Cl.Cl.N[C@H]1CCCN[C@@H]1c1ccccc1. The fourth-order valence-corrected chi connectivity index (χ4v) is 1.94. The molecule has 1 aromatic carbocycles. The van der Waals surface area contributed by atoms with Crippen LogP contribution >= 0.6 is 24.8 Å². The number of nitrogens with two attached hydrogens (primary N) is 1. The lowest BCUT2D eigenvalue weighted by Crippen LogP contribution is -2.42. The molecule has 86 valence electrons. The highest BCUT2D eigenvalue weighted by atomic mass is 35.5. The summed E-state index contributed by atoms with van der Waals surface area (Å²) in [5.41, 5.74) is 7.36. The van der Waals surface area contributed by atoms with E-state index in [1.807, 2.05) is 6.07 Å². The van der Waals surface area contributed by atoms with Crippen LogP contribution in [0.15, 0.2) is 30.3 Å². The lowest BCUT2D eigenvalue weighted by Gasteiger charge is -2.30. The van der Waals surface area contributed by atoms with E-state index >= 15 is 0 Å². The first kappa shape index (κ1) is 14.7. The van der Waals surface area contributed by atoms with E-state index < -0.39 is 0 Å². The van der Waals surface area contributed by atoms with Gasteiger partial charge in [-0.25, -0.2) is 0 Å². The predicted octanol–water partition coefficient (Wildman–Crippen LogP) is 2.28. The number of hydrogen-bond donors (Lipinski definition) is 2. The van der Waals surface area contributed by atoms with Gasteiger partial charge in [0.05, 0.1) is 0 Å². The standard InChI is InChI=1S/C11H16N2.2ClH/c12-10-7-4-8-13-11(10)9-5-2-1-3-6-9;;/h1-3,5-6,10-11,13H,4,7-8,12H2;2*1H/t10-,11+;;/m0../s1. The van der Waals surface area contributed by atoms with Crippen LogP contribution in [0.3, 0.4) is 0 Å². The van der Waals surface area contributed by atoms with Gasteiger partial charge in [-0.2, -0.15) is 0 Å². The van der Waals surface area contributed by atoms with Gasteiger partial charge in [-0.15, -0.1) is 24.8 Å². The number of hydrogen-bond acceptors (Lipinski definition) is 2. The van der Waals surface area contributed by atoms with Crippen molar-refractivity contribution in [3.63, 3.8) is 0 Å². The zero-order valence-corrected chi connectivity index (χ0v) is 10.2. The van der Waals surface area contributed by atoms with Gasteiger partial charge in [-0.3, -0.25) is 0 Å². The molecular weight excluding hydrogens is 231 g/mol. The first-order chi connectivity index (χ1) is 6.38. The fourth-order valence-electron chi connectivity index (χ4n) is 1.94. The van der Waals surface area contributed by atoms with Crippen molar-refractivity contribution >= 4 is 24.8 Å². The lowest BCUT2D eigenvalue weighted by molar-refractivity contribution is 0.358. The molecule has 1 fully saturated rings. The number of benzene rings is 1. The molecule has 0 amide bonds. The van der Waals surface area contributed by atoms with Crippen LogP contribution in [0.25, 0.3) is 0 Å². The maximum atomic E-state index is 6.05. The highest BCUT2D eigenvalue weighted by Gasteiger charge is 2.21. The molecule has 0 saturated carbocycles. The topological polar surface area (TPSA) is 38.0 Å². The molecule has 2 rings (SSSR count).